The molecule has 1 heterocycles. The van der Waals surface area contributed by atoms with E-state index in [1.807, 2.05) is 6.07 Å². The third kappa shape index (κ3) is 4.07. The fourth-order valence-corrected chi connectivity index (χ4v) is 1.65. The molecule has 0 unspecified atom stereocenters. The molecule has 0 spiro atoms. The molecule has 4 nitrogen and oxygen atoms in total. The summed E-state index contributed by atoms with van der Waals surface area (Å²) >= 11 is 0. The number of alkyl halides is 2. The fourth-order valence-electron chi connectivity index (χ4n) is 1.65. The molecule has 0 amide bonds. The second-order valence-corrected chi connectivity index (χ2v) is 4.00. The lowest BCUT2D eigenvalue weighted by atomic mass is 10.2. The molecule has 0 atom stereocenters. The summed E-state index contributed by atoms with van der Waals surface area (Å²) in [5.41, 5.74) is 0.929. The molecule has 0 aliphatic carbocycles. The van der Waals surface area contributed by atoms with Gasteiger partial charge in [0.2, 0.25) is 5.76 Å². The van der Waals surface area contributed by atoms with Crippen LogP contribution in [0, 0.1) is 11.3 Å². The normalized spacial score (nSPS) is 10.5. The SMILES string of the molecule is N#Cc1ccc(CNCc2ccc(OC(F)F)cc2)o1. The Morgan fingerprint density at radius 3 is 2.50 bits per heavy atom. The van der Waals surface area contributed by atoms with Crippen LogP contribution in [0.2, 0.25) is 0 Å². The van der Waals surface area contributed by atoms with E-state index in [0.29, 0.717) is 18.8 Å². The van der Waals surface area contributed by atoms with Crippen molar-refractivity contribution in [3.05, 3.63) is 53.5 Å². The van der Waals surface area contributed by atoms with Gasteiger partial charge in [0.25, 0.3) is 0 Å². The zero-order valence-corrected chi connectivity index (χ0v) is 10.5. The van der Waals surface area contributed by atoms with Gasteiger partial charge in [0.05, 0.1) is 6.54 Å². The number of rotatable bonds is 6. The predicted molar refractivity (Wildman–Crippen MR) is 67.0 cm³/mol. The Kier molecular flexibility index (Phi) is 4.69. The van der Waals surface area contributed by atoms with Crippen molar-refractivity contribution in [2.24, 2.45) is 0 Å². The van der Waals surface area contributed by atoms with Crippen molar-refractivity contribution in [2.75, 3.05) is 0 Å². The Morgan fingerprint density at radius 1 is 1.15 bits per heavy atom. The molecular formula is C14H12F2N2O2. The number of nitrogens with zero attached hydrogens (tertiary/aromatic N) is 1. The number of nitriles is 1. The first-order chi connectivity index (χ1) is 9.67. The van der Waals surface area contributed by atoms with E-state index in [-0.39, 0.29) is 11.5 Å². The summed E-state index contributed by atoms with van der Waals surface area (Å²) in [6.07, 6.45) is 0. The molecule has 0 radical (unpaired) electrons. The largest absolute Gasteiger partial charge is 0.449 e. The van der Waals surface area contributed by atoms with Gasteiger partial charge in [0.15, 0.2) is 0 Å². The van der Waals surface area contributed by atoms with Crippen molar-refractivity contribution in [3.8, 4) is 11.8 Å². The average Bonchev–Trinajstić information content (AvgIpc) is 2.88. The molecule has 20 heavy (non-hydrogen) atoms. The summed E-state index contributed by atoms with van der Waals surface area (Å²) in [4.78, 5) is 0. The van der Waals surface area contributed by atoms with E-state index in [2.05, 4.69) is 10.1 Å². The number of halogens is 2. The molecule has 0 aliphatic heterocycles. The molecule has 104 valence electrons. The molecule has 0 fully saturated rings. The van der Waals surface area contributed by atoms with Crippen LogP contribution in [-0.4, -0.2) is 6.61 Å². The molecule has 0 saturated heterocycles. The summed E-state index contributed by atoms with van der Waals surface area (Å²) in [6, 6.07) is 11.6. The van der Waals surface area contributed by atoms with E-state index < -0.39 is 6.61 Å². The maximum Gasteiger partial charge on any atom is 0.387 e. The summed E-state index contributed by atoms with van der Waals surface area (Å²) in [6.45, 7) is -1.78. The summed E-state index contributed by atoms with van der Waals surface area (Å²) < 4.78 is 33.4. The van der Waals surface area contributed by atoms with Crippen molar-refractivity contribution in [2.45, 2.75) is 19.7 Å². The Morgan fingerprint density at radius 2 is 1.90 bits per heavy atom. The second kappa shape index (κ2) is 6.68. The van der Waals surface area contributed by atoms with Gasteiger partial charge < -0.3 is 14.5 Å². The Balaban J connectivity index is 1.80. The lowest BCUT2D eigenvalue weighted by Gasteiger charge is -2.06. The molecule has 0 aliphatic rings. The van der Waals surface area contributed by atoms with Crippen LogP contribution in [0.15, 0.2) is 40.8 Å². The van der Waals surface area contributed by atoms with Gasteiger partial charge in [-0.15, -0.1) is 0 Å². The molecule has 6 heteroatoms. The molecule has 0 bridgehead atoms. The van der Waals surface area contributed by atoms with Crippen LogP contribution in [0.4, 0.5) is 8.78 Å². The molecule has 1 aromatic carbocycles. The van der Waals surface area contributed by atoms with Gasteiger partial charge in [-0.1, -0.05) is 12.1 Å². The quantitative estimate of drug-likeness (QED) is 0.882. The van der Waals surface area contributed by atoms with Gasteiger partial charge in [-0.05, 0) is 29.8 Å². The van der Waals surface area contributed by atoms with Gasteiger partial charge >= 0.3 is 6.61 Å². The first-order valence-electron chi connectivity index (χ1n) is 5.90. The van der Waals surface area contributed by atoms with E-state index in [1.165, 1.54) is 12.1 Å². The van der Waals surface area contributed by atoms with Crippen LogP contribution in [0.1, 0.15) is 17.1 Å². The summed E-state index contributed by atoms with van der Waals surface area (Å²) in [5, 5.41) is 11.7. The number of nitrogens with one attached hydrogen (secondary N) is 1. The molecule has 1 N–H and O–H groups in total. The van der Waals surface area contributed by atoms with Crippen molar-refractivity contribution in [1.29, 1.82) is 5.26 Å². The Hall–Kier alpha value is -2.39. The molecule has 2 rings (SSSR count). The smallest absolute Gasteiger partial charge is 0.387 e. The minimum atomic E-state index is -2.81. The highest BCUT2D eigenvalue weighted by molar-refractivity contribution is 5.27. The highest BCUT2D eigenvalue weighted by Crippen LogP contribution is 2.15. The van der Waals surface area contributed by atoms with E-state index in [9.17, 15) is 8.78 Å². The van der Waals surface area contributed by atoms with Gasteiger partial charge in [-0.25, -0.2) is 0 Å². The Labute approximate surface area is 114 Å². The van der Waals surface area contributed by atoms with E-state index in [0.717, 1.165) is 5.56 Å². The maximum absolute atomic E-state index is 12.0. The monoisotopic (exact) mass is 278 g/mol. The number of hydrogen-bond acceptors (Lipinski definition) is 4. The van der Waals surface area contributed by atoms with Crippen molar-refractivity contribution >= 4 is 0 Å². The third-order valence-corrected chi connectivity index (χ3v) is 2.55. The van der Waals surface area contributed by atoms with Crippen molar-refractivity contribution in [1.82, 2.24) is 5.32 Å². The summed E-state index contributed by atoms with van der Waals surface area (Å²) in [7, 11) is 0. The van der Waals surface area contributed by atoms with Gasteiger partial charge in [-0.3, -0.25) is 0 Å². The molecular weight excluding hydrogens is 266 g/mol. The van der Waals surface area contributed by atoms with Crippen LogP contribution in [0.25, 0.3) is 0 Å². The molecule has 2 aromatic rings. The molecule has 0 saturated carbocycles. The second-order valence-electron chi connectivity index (χ2n) is 4.00. The Bertz CT molecular complexity index is 588. The van der Waals surface area contributed by atoms with Gasteiger partial charge in [0.1, 0.15) is 17.6 Å². The topological polar surface area (TPSA) is 58.2 Å². The van der Waals surface area contributed by atoms with Crippen LogP contribution >= 0.6 is 0 Å². The lowest BCUT2D eigenvalue weighted by Crippen LogP contribution is -2.12. The maximum atomic E-state index is 12.0. The highest BCUT2D eigenvalue weighted by Gasteiger charge is 2.04. The van der Waals surface area contributed by atoms with Gasteiger partial charge in [0, 0.05) is 6.54 Å². The fraction of sp³-hybridized carbons (Fsp3) is 0.214. The van der Waals surface area contributed by atoms with Crippen LogP contribution in [0.3, 0.4) is 0 Å². The zero-order chi connectivity index (χ0) is 14.4. The minimum absolute atomic E-state index is 0.133. The van der Waals surface area contributed by atoms with Crippen LogP contribution in [-0.2, 0) is 13.1 Å². The van der Waals surface area contributed by atoms with Crippen molar-refractivity contribution < 1.29 is 17.9 Å². The first-order valence-corrected chi connectivity index (χ1v) is 5.90. The zero-order valence-electron chi connectivity index (χ0n) is 10.5. The van der Waals surface area contributed by atoms with Gasteiger partial charge in [-0.2, -0.15) is 14.0 Å². The lowest BCUT2D eigenvalue weighted by molar-refractivity contribution is -0.0498. The van der Waals surface area contributed by atoms with E-state index in [4.69, 9.17) is 9.68 Å². The number of ether oxygens (including phenoxy) is 1. The predicted octanol–water partition coefficient (Wildman–Crippen LogP) is 3.04. The number of benzene rings is 1. The number of furan rings is 1. The average molecular weight is 278 g/mol. The minimum Gasteiger partial charge on any atom is -0.449 e. The molecule has 1 aromatic heterocycles. The van der Waals surface area contributed by atoms with E-state index >= 15 is 0 Å². The van der Waals surface area contributed by atoms with E-state index in [1.54, 1.807) is 24.3 Å². The third-order valence-electron chi connectivity index (χ3n) is 2.55. The van der Waals surface area contributed by atoms with Crippen molar-refractivity contribution in [3.63, 3.8) is 0 Å². The van der Waals surface area contributed by atoms with Crippen LogP contribution in [0.5, 0.6) is 5.75 Å². The number of hydrogen-bond donors (Lipinski definition) is 1. The summed E-state index contributed by atoms with van der Waals surface area (Å²) in [5.74, 6) is 1.07. The standard InChI is InChI=1S/C14H12F2N2O2/c15-14(16)20-11-3-1-10(2-4-11)8-18-9-13-6-5-12(7-17)19-13/h1-6,14,18H,8-9H2. The first kappa shape index (κ1) is 14.0. The van der Waals surface area contributed by atoms with Crippen LogP contribution < -0.4 is 10.1 Å². The highest BCUT2D eigenvalue weighted by atomic mass is 19.3.